The van der Waals surface area contributed by atoms with Crippen molar-refractivity contribution < 1.29 is 18.4 Å². The minimum Gasteiger partial charge on any atom is -0.451 e. The number of primary amides is 1. The Morgan fingerprint density at radius 1 is 1.00 bits per heavy atom. The molecule has 0 unspecified atom stereocenters. The number of anilines is 1. The van der Waals surface area contributed by atoms with Crippen molar-refractivity contribution in [1.82, 2.24) is 0 Å². The monoisotopic (exact) mass is 412 g/mol. The van der Waals surface area contributed by atoms with Crippen LogP contribution in [0.3, 0.4) is 0 Å². The second-order valence-electron chi connectivity index (χ2n) is 5.82. The van der Waals surface area contributed by atoms with Crippen molar-refractivity contribution in [1.29, 1.82) is 0 Å². The Labute approximate surface area is 156 Å². The second-order valence-corrected chi connectivity index (χ2v) is 6.73. The Hall–Kier alpha value is -3.06. The molecule has 0 fully saturated rings. The zero-order valence-corrected chi connectivity index (χ0v) is 15.2. The topological polar surface area (TPSA) is 98.5 Å². The number of hydrogen-bond donors (Lipinski definition) is 2. The van der Waals surface area contributed by atoms with E-state index in [-0.39, 0.29) is 17.2 Å². The minimum absolute atomic E-state index is 0.101. The Kier molecular flexibility index (Phi) is 3.81. The van der Waals surface area contributed by atoms with Gasteiger partial charge in [-0.3, -0.25) is 9.59 Å². The van der Waals surface area contributed by atoms with E-state index in [1.807, 2.05) is 12.1 Å². The number of para-hydroxylation sites is 1. The van der Waals surface area contributed by atoms with E-state index < -0.39 is 11.8 Å². The van der Waals surface area contributed by atoms with Gasteiger partial charge in [0, 0.05) is 20.8 Å². The minimum atomic E-state index is -0.762. The molecule has 0 saturated heterocycles. The lowest BCUT2D eigenvalue weighted by atomic mass is 10.1. The molecule has 26 heavy (non-hydrogen) atoms. The first-order chi connectivity index (χ1) is 12.5. The molecular formula is C19H13BrN2O4. The standard InChI is InChI=1S/C19H13BrN2O4/c1-9-12-8-10(20)6-7-14(12)25-16(9)19(24)22-15-11-4-2-3-5-13(11)26-17(15)18(21)23/h2-8H,1H3,(H2,21,23)(H,22,24). The van der Waals surface area contributed by atoms with Crippen molar-refractivity contribution in [3.8, 4) is 0 Å². The summed E-state index contributed by atoms with van der Waals surface area (Å²) in [5.74, 6) is -1.18. The van der Waals surface area contributed by atoms with Crippen molar-refractivity contribution in [3.05, 3.63) is 64.0 Å². The Morgan fingerprint density at radius 3 is 2.46 bits per heavy atom. The first-order valence-corrected chi connectivity index (χ1v) is 8.56. The summed E-state index contributed by atoms with van der Waals surface area (Å²) in [7, 11) is 0. The number of amides is 2. The average Bonchev–Trinajstić information content (AvgIpc) is 3.14. The van der Waals surface area contributed by atoms with Crippen molar-refractivity contribution in [3.63, 3.8) is 0 Å². The molecule has 0 spiro atoms. The van der Waals surface area contributed by atoms with Gasteiger partial charge in [0.15, 0.2) is 5.76 Å². The number of aryl methyl sites for hydroxylation is 1. The van der Waals surface area contributed by atoms with Gasteiger partial charge in [-0.25, -0.2) is 0 Å². The van der Waals surface area contributed by atoms with Crippen LogP contribution >= 0.6 is 15.9 Å². The fourth-order valence-corrected chi connectivity index (χ4v) is 3.28. The van der Waals surface area contributed by atoms with E-state index in [0.29, 0.717) is 22.1 Å². The number of halogens is 1. The van der Waals surface area contributed by atoms with Crippen LogP contribution in [0.1, 0.15) is 26.7 Å². The van der Waals surface area contributed by atoms with Crippen molar-refractivity contribution in [2.24, 2.45) is 5.73 Å². The normalized spacial score (nSPS) is 11.2. The van der Waals surface area contributed by atoms with Crippen LogP contribution in [0.2, 0.25) is 0 Å². The van der Waals surface area contributed by atoms with E-state index in [4.69, 9.17) is 14.6 Å². The molecule has 7 heteroatoms. The number of benzene rings is 2. The lowest BCUT2D eigenvalue weighted by molar-refractivity contribution is 0.0977. The third-order valence-electron chi connectivity index (χ3n) is 4.16. The summed E-state index contributed by atoms with van der Waals surface area (Å²) in [6, 6.07) is 12.5. The molecule has 2 amide bonds. The van der Waals surface area contributed by atoms with E-state index in [1.54, 1.807) is 37.3 Å². The van der Waals surface area contributed by atoms with Crippen LogP contribution in [0.25, 0.3) is 21.9 Å². The maximum absolute atomic E-state index is 12.8. The Balaban J connectivity index is 1.80. The molecule has 0 bridgehead atoms. The summed E-state index contributed by atoms with van der Waals surface area (Å²) in [5, 5.41) is 4.13. The van der Waals surface area contributed by atoms with Crippen LogP contribution in [0, 0.1) is 6.92 Å². The highest BCUT2D eigenvalue weighted by Gasteiger charge is 2.24. The quantitative estimate of drug-likeness (QED) is 0.513. The smallest absolute Gasteiger partial charge is 0.291 e. The lowest BCUT2D eigenvalue weighted by Gasteiger charge is -2.03. The third-order valence-corrected chi connectivity index (χ3v) is 4.66. The molecule has 0 aliphatic carbocycles. The first kappa shape index (κ1) is 16.4. The highest BCUT2D eigenvalue weighted by molar-refractivity contribution is 9.10. The Bertz CT molecular complexity index is 1190. The lowest BCUT2D eigenvalue weighted by Crippen LogP contribution is -2.17. The fraction of sp³-hybridized carbons (Fsp3) is 0.0526. The van der Waals surface area contributed by atoms with Crippen LogP contribution in [-0.2, 0) is 0 Å². The summed E-state index contributed by atoms with van der Waals surface area (Å²) in [6.07, 6.45) is 0. The molecule has 0 radical (unpaired) electrons. The fourth-order valence-electron chi connectivity index (χ4n) is 2.92. The highest BCUT2D eigenvalue weighted by atomic mass is 79.9. The Morgan fingerprint density at radius 2 is 1.69 bits per heavy atom. The van der Waals surface area contributed by atoms with Crippen molar-refractivity contribution in [2.45, 2.75) is 6.92 Å². The molecule has 0 aliphatic rings. The van der Waals surface area contributed by atoms with Gasteiger partial charge in [-0.1, -0.05) is 28.1 Å². The van der Waals surface area contributed by atoms with E-state index in [9.17, 15) is 9.59 Å². The number of carbonyl (C=O) groups is 2. The van der Waals surface area contributed by atoms with Crippen LogP contribution in [0.15, 0.2) is 55.8 Å². The number of fused-ring (bicyclic) bond motifs is 2. The average molecular weight is 413 g/mol. The molecule has 4 rings (SSSR count). The van der Waals surface area contributed by atoms with Crippen LogP contribution in [0.5, 0.6) is 0 Å². The summed E-state index contributed by atoms with van der Waals surface area (Å²) < 4.78 is 12.1. The maximum Gasteiger partial charge on any atom is 0.291 e. The SMILES string of the molecule is Cc1c(C(=O)Nc2c(C(N)=O)oc3ccccc23)oc2ccc(Br)cc12. The number of nitrogens with one attached hydrogen (secondary N) is 1. The number of hydrogen-bond acceptors (Lipinski definition) is 4. The molecule has 2 heterocycles. The van der Waals surface area contributed by atoms with Gasteiger partial charge in [0.25, 0.3) is 11.8 Å². The summed E-state index contributed by atoms with van der Waals surface area (Å²) in [4.78, 5) is 24.5. The summed E-state index contributed by atoms with van der Waals surface area (Å²) >= 11 is 3.41. The largest absolute Gasteiger partial charge is 0.451 e. The first-order valence-electron chi connectivity index (χ1n) is 7.77. The van der Waals surface area contributed by atoms with Crippen molar-refractivity contribution >= 4 is 55.4 Å². The van der Waals surface area contributed by atoms with Gasteiger partial charge in [0.1, 0.15) is 16.9 Å². The van der Waals surface area contributed by atoms with Gasteiger partial charge in [-0.05, 0) is 37.3 Å². The molecule has 2 aromatic heterocycles. The number of furan rings is 2. The highest BCUT2D eigenvalue weighted by Crippen LogP contribution is 2.33. The van der Waals surface area contributed by atoms with Crippen molar-refractivity contribution in [2.75, 3.05) is 5.32 Å². The second kappa shape index (κ2) is 6.03. The molecule has 0 saturated carbocycles. The van der Waals surface area contributed by atoms with Gasteiger partial charge in [0.05, 0.1) is 0 Å². The molecule has 3 N–H and O–H groups in total. The molecule has 0 aliphatic heterocycles. The third kappa shape index (κ3) is 2.57. The van der Waals surface area contributed by atoms with Gasteiger partial charge in [-0.15, -0.1) is 0 Å². The van der Waals surface area contributed by atoms with Gasteiger partial charge < -0.3 is 19.9 Å². The molecule has 2 aromatic carbocycles. The number of carbonyl (C=O) groups excluding carboxylic acids is 2. The number of rotatable bonds is 3. The van der Waals surface area contributed by atoms with Crippen LogP contribution < -0.4 is 11.1 Å². The zero-order valence-electron chi connectivity index (χ0n) is 13.6. The zero-order chi connectivity index (χ0) is 18.4. The molecule has 0 atom stereocenters. The predicted molar refractivity (Wildman–Crippen MR) is 101 cm³/mol. The van der Waals surface area contributed by atoms with E-state index in [2.05, 4.69) is 21.2 Å². The summed E-state index contributed by atoms with van der Waals surface area (Å²) in [6.45, 7) is 1.80. The van der Waals surface area contributed by atoms with Gasteiger partial charge in [-0.2, -0.15) is 0 Å². The van der Waals surface area contributed by atoms with Crippen LogP contribution in [0.4, 0.5) is 5.69 Å². The maximum atomic E-state index is 12.8. The molecule has 4 aromatic rings. The molecular weight excluding hydrogens is 400 g/mol. The van der Waals surface area contributed by atoms with E-state index >= 15 is 0 Å². The predicted octanol–water partition coefficient (Wildman–Crippen LogP) is 4.60. The molecule has 6 nitrogen and oxygen atoms in total. The van der Waals surface area contributed by atoms with E-state index in [0.717, 1.165) is 9.86 Å². The van der Waals surface area contributed by atoms with Gasteiger partial charge >= 0.3 is 0 Å². The van der Waals surface area contributed by atoms with Gasteiger partial charge in [0.2, 0.25) is 5.76 Å². The van der Waals surface area contributed by atoms with Crippen LogP contribution in [-0.4, -0.2) is 11.8 Å². The van der Waals surface area contributed by atoms with E-state index in [1.165, 1.54) is 0 Å². The molecule has 130 valence electrons. The number of nitrogens with two attached hydrogens (primary N) is 1. The summed E-state index contributed by atoms with van der Waals surface area (Å²) in [5.41, 5.74) is 7.38.